The van der Waals surface area contributed by atoms with Crippen LogP contribution in [0.3, 0.4) is 0 Å². The number of carbonyl (C=O) groups is 1. The Balaban J connectivity index is 2.72. The molecule has 0 saturated carbocycles. The standard InChI is InChI=1S/C12H21N3O2/c1-5-6-7-14(2)9-11-10(12(16)17-4)8-15(3)13-11/h8H,5-7,9H2,1-4H3. The monoisotopic (exact) mass is 239 g/mol. The topological polar surface area (TPSA) is 47.4 Å². The van der Waals surface area contributed by atoms with E-state index in [1.807, 2.05) is 14.1 Å². The van der Waals surface area contributed by atoms with E-state index in [-0.39, 0.29) is 5.97 Å². The number of methoxy groups -OCH3 is 1. The van der Waals surface area contributed by atoms with Crippen molar-refractivity contribution in [2.45, 2.75) is 26.3 Å². The van der Waals surface area contributed by atoms with Crippen LogP contribution in [0.1, 0.15) is 35.8 Å². The zero-order valence-electron chi connectivity index (χ0n) is 11.1. The van der Waals surface area contributed by atoms with Crippen LogP contribution in [-0.4, -0.2) is 41.4 Å². The van der Waals surface area contributed by atoms with E-state index in [0.29, 0.717) is 12.1 Å². The molecule has 0 amide bonds. The molecule has 0 spiro atoms. The minimum atomic E-state index is -0.322. The van der Waals surface area contributed by atoms with Crippen molar-refractivity contribution >= 4 is 5.97 Å². The van der Waals surface area contributed by atoms with Crippen molar-refractivity contribution in [2.75, 3.05) is 20.7 Å². The lowest BCUT2D eigenvalue weighted by molar-refractivity contribution is 0.0598. The maximum atomic E-state index is 11.5. The van der Waals surface area contributed by atoms with Gasteiger partial charge in [-0.1, -0.05) is 13.3 Å². The van der Waals surface area contributed by atoms with Gasteiger partial charge in [0.1, 0.15) is 5.56 Å². The summed E-state index contributed by atoms with van der Waals surface area (Å²) in [5, 5.41) is 4.30. The molecule has 1 aromatic heterocycles. The van der Waals surface area contributed by atoms with Gasteiger partial charge in [-0.15, -0.1) is 0 Å². The molecule has 1 heterocycles. The Hall–Kier alpha value is -1.36. The molecule has 0 saturated heterocycles. The molecule has 5 nitrogen and oxygen atoms in total. The van der Waals surface area contributed by atoms with Gasteiger partial charge < -0.3 is 9.64 Å². The van der Waals surface area contributed by atoms with Gasteiger partial charge in [-0.2, -0.15) is 5.10 Å². The highest BCUT2D eigenvalue weighted by Gasteiger charge is 2.16. The van der Waals surface area contributed by atoms with Crippen molar-refractivity contribution in [3.8, 4) is 0 Å². The molecule has 0 aliphatic rings. The first kappa shape index (κ1) is 13.7. The molecule has 0 unspecified atom stereocenters. The summed E-state index contributed by atoms with van der Waals surface area (Å²) in [4.78, 5) is 13.7. The Bertz CT molecular complexity index is 374. The number of hydrogen-bond acceptors (Lipinski definition) is 4. The summed E-state index contributed by atoms with van der Waals surface area (Å²) in [5.74, 6) is -0.322. The molecule has 0 aliphatic carbocycles. The third-order valence-electron chi connectivity index (χ3n) is 2.62. The summed E-state index contributed by atoms with van der Waals surface area (Å²) in [6, 6.07) is 0. The Labute approximate surface area is 102 Å². The van der Waals surface area contributed by atoms with Crippen LogP contribution in [-0.2, 0) is 18.3 Å². The van der Waals surface area contributed by atoms with Gasteiger partial charge in [-0.25, -0.2) is 4.79 Å². The fourth-order valence-electron chi connectivity index (χ4n) is 1.69. The normalized spacial score (nSPS) is 10.9. The fourth-order valence-corrected chi connectivity index (χ4v) is 1.69. The van der Waals surface area contributed by atoms with E-state index in [1.165, 1.54) is 7.11 Å². The number of hydrogen-bond donors (Lipinski definition) is 0. The number of aryl methyl sites for hydroxylation is 1. The maximum absolute atomic E-state index is 11.5. The number of esters is 1. The highest BCUT2D eigenvalue weighted by Crippen LogP contribution is 2.10. The first-order valence-corrected chi connectivity index (χ1v) is 5.87. The van der Waals surface area contributed by atoms with Gasteiger partial charge in [0.2, 0.25) is 0 Å². The van der Waals surface area contributed by atoms with E-state index < -0.39 is 0 Å². The van der Waals surface area contributed by atoms with E-state index >= 15 is 0 Å². The van der Waals surface area contributed by atoms with Crippen LogP contribution in [0.15, 0.2) is 6.20 Å². The van der Waals surface area contributed by atoms with Crippen LogP contribution in [0.4, 0.5) is 0 Å². The summed E-state index contributed by atoms with van der Waals surface area (Å²) in [7, 11) is 5.23. The summed E-state index contributed by atoms with van der Waals surface area (Å²) in [6.07, 6.45) is 4.02. The molecule has 96 valence electrons. The molecule has 5 heteroatoms. The van der Waals surface area contributed by atoms with Crippen LogP contribution in [0, 0.1) is 0 Å². The van der Waals surface area contributed by atoms with Crippen LogP contribution >= 0.6 is 0 Å². The second kappa shape index (κ2) is 6.39. The van der Waals surface area contributed by atoms with Crippen molar-refractivity contribution in [2.24, 2.45) is 7.05 Å². The second-order valence-electron chi connectivity index (χ2n) is 4.25. The van der Waals surface area contributed by atoms with Crippen LogP contribution in [0.5, 0.6) is 0 Å². The number of nitrogens with zero attached hydrogens (tertiary/aromatic N) is 3. The first-order chi connectivity index (χ1) is 8.08. The van der Waals surface area contributed by atoms with Crippen molar-refractivity contribution in [1.29, 1.82) is 0 Å². The lowest BCUT2D eigenvalue weighted by atomic mass is 10.2. The highest BCUT2D eigenvalue weighted by molar-refractivity contribution is 5.90. The van der Waals surface area contributed by atoms with Crippen molar-refractivity contribution in [3.05, 3.63) is 17.5 Å². The van der Waals surface area contributed by atoms with E-state index in [4.69, 9.17) is 4.74 Å². The molecule has 0 fully saturated rings. The van der Waals surface area contributed by atoms with Gasteiger partial charge in [0.25, 0.3) is 0 Å². The molecule has 0 N–H and O–H groups in total. The Kier molecular flexibility index (Phi) is 5.15. The van der Waals surface area contributed by atoms with E-state index in [1.54, 1.807) is 10.9 Å². The predicted molar refractivity (Wildman–Crippen MR) is 65.8 cm³/mol. The van der Waals surface area contributed by atoms with E-state index in [9.17, 15) is 4.79 Å². The van der Waals surface area contributed by atoms with Crippen LogP contribution < -0.4 is 0 Å². The molecule has 0 atom stereocenters. The lowest BCUT2D eigenvalue weighted by Gasteiger charge is -2.14. The Morgan fingerprint density at radius 2 is 2.29 bits per heavy atom. The molecule has 17 heavy (non-hydrogen) atoms. The smallest absolute Gasteiger partial charge is 0.341 e. The fraction of sp³-hybridized carbons (Fsp3) is 0.667. The summed E-state index contributed by atoms with van der Waals surface area (Å²) in [5.41, 5.74) is 1.33. The van der Waals surface area contributed by atoms with Gasteiger partial charge >= 0.3 is 5.97 Å². The van der Waals surface area contributed by atoms with Gasteiger partial charge in [0, 0.05) is 19.8 Å². The lowest BCUT2D eigenvalue weighted by Crippen LogP contribution is -2.20. The molecule has 0 radical (unpaired) electrons. The molecule has 0 aromatic carbocycles. The van der Waals surface area contributed by atoms with E-state index in [2.05, 4.69) is 16.9 Å². The van der Waals surface area contributed by atoms with Gasteiger partial charge in [0.15, 0.2) is 0 Å². The quantitative estimate of drug-likeness (QED) is 0.705. The minimum Gasteiger partial charge on any atom is -0.465 e. The third-order valence-corrected chi connectivity index (χ3v) is 2.62. The number of unbranched alkanes of at least 4 members (excludes halogenated alkanes) is 1. The van der Waals surface area contributed by atoms with Crippen LogP contribution in [0.25, 0.3) is 0 Å². The summed E-state index contributed by atoms with van der Waals surface area (Å²) < 4.78 is 6.39. The summed E-state index contributed by atoms with van der Waals surface area (Å²) in [6.45, 7) is 3.84. The Morgan fingerprint density at radius 3 is 2.88 bits per heavy atom. The number of carbonyl (C=O) groups excluding carboxylic acids is 1. The van der Waals surface area contributed by atoms with Crippen molar-refractivity contribution in [3.63, 3.8) is 0 Å². The van der Waals surface area contributed by atoms with Gasteiger partial charge in [0.05, 0.1) is 12.8 Å². The average Bonchev–Trinajstić information content (AvgIpc) is 2.66. The molecule has 1 aromatic rings. The number of aromatic nitrogens is 2. The first-order valence-electron chi connectivity index (χ1n) is 5.87. The molecule has 0 aliphatic heterocycles. The number of ether oxygens (including phenoxy) is 1. The minimum absolute atomic E-state index is 0.322. The van der Waals surface area contributed by atoms with Gasteiger partial charge in [-0.3, -0.25) is 4.68 Å². The van der Waals surface area contributed by atoms with Crippen molar-refractivity contribution in [1.82, 2.24) is 14.7 Å². The third kappa shape index (κ3) is 3.85. The Morgan fingerprint density at radius 1 is 1.59 bits per heavy atom. The van der Waals surface area contributed by atoms with E-state index in [0.717, 1.165) is 25.1 Å². The van der Waals surface area contributed by atoms with Crippen LogP contribution in [0.2, 0.25) is 0 Å². The SMILES string of the molecule is CCCCN(C)Cc1nn(C)cc1C(=O)OC. The molecule has 1 rings (SSSR count). The number of rotatable bonds is 6. The summed E-state index contributed by atoms with van der Waals surface area (Å²) >= 11 is 0. The zero-order valence-corrected chi connectivity index (χ0v) is 11.1. The largest absolute Gasteiger partial charge is 0.465 e. The highest BCUT2D eigenvalue weighted by atomic mass is 16.5. The van der Waals surface area contributed by atoms with Gasteiger partial charge in [-0.05, 0) is 20.0 Å². The van der Waals surface area contributed by atoms with Crippen molar-refractivity contribution < 1.29 is 9.53 Å². The molecular formula is C12H21N3O2. The molecular weight excluding hydrogens is 218 g/mol. The average molecular weight is 239 g/mol. The zero-order chi connectivity index (χ0) is 12.8. The predicted octanol–water partition coefficient (Wildman–Crippen LogP) is 1.44. The maximum Gasteiger partial charge on any atom is 0.341 e. The molecule has 0 bridgehead atoms. The second-order valence-corrected chi connectivity index (χ2v) is 4.25.